The largest absolute Gasteiger partial charge is 0.284 e. The van der Waals surface area contributed by atoms with E-state index in [2.05, 4.69) is 45.3 Å². The fourth-order valence-corrected chi connectivity index (χ4v) is 2.49. The molecule has 2 rings (SSSR count). The molecule has 0 saturated carbocycles. The fourth-order valence-electron chi connectivity index (χ4n) is 2.49. The van der Waals surface area contributed by atoms with Gasteiger partial charge in [0.15, 0.2) is 0 Å². The van der Waals surface area contributed by atoms with Gasteiger partial charge in [-0.25, -0.2) is 5.01 Å². The molecule has 0 aliphatic heterocycles. The van der Waals surface area contributed by atoms with Crippen LogP contribution in [0.4, 0.5) is 0 Å². The first-order valence-corrected chi connectivity index (χ1v) is 7.60. The average Bonchev–Trinajstić information content (AvgIpc) is 2.52. The summed E-state index contributed by atoms with van der Waals surface area (Å²) in [6.07, 6.45) is 0. The van der Waals surface area contributed by atoms with Crippen molar-refractivity contribution in [3.63, 3.8) is 0 Å². The van der Waals surface area contributed by atoms with E-state index in [1.807, 2.05) is 53.5 Å². The molecule has 22 heavy (non-hydrogen) atoms. The normalized spacial score (nSPS) is 13.0. The zero-order chi connectivity index (χ0) is 16.2. The van der Waals surface area contributed by atoms with Crippen LogP contribution in [0.15, 0.2) is 60.7 Å². The molecular formula is C19H24N2O. The summed E-state index contributed by atoms with van der Waals surface area (Å²) in [7, 11) is 0. The highest BCUT2D eigenvalue weighted by atomic mass is 16.2. The molecule has 2 aromatic rings. The smallest absolute Gasteiger partial charge is 0.265 e. The average molecular weight is 296 g/mol. The van der Waals surface area contributed by atoms with Crippen molar-refractivity contribution in [1.29, 1.82) is 0 Å². The Morgan fingerprint density at radius 3 is 1.95 bits per heavy atom. The van der Waals surface area contributed by atoms with Gasteiger partial charge in [0.2, 0.25) is 0 Å². The van der Waals surface area contributed by atoms with Crippen molar-refractivity contribution >= 4 is 5.91 Å². The van der Waals surface area contributed by atoms with Gasteiger partial charge in [0.05, 0.1) is 6.04 Å². The van der Waals surface area contributed by atoms with Crippen molar-refractivity contribution in [3.05, 3.63) is 71.8 Å². The Labute approximate surface area is 132 Å². The van der Waals surface area contributed by atoms with Gasteiger partial charge in [-0.3, -0.25) is 10.2 Å². The monoisotopic (exact) mass is 296 g/mol. The van der Waals surface area contributed by atoms with E-state index in [1.165, 1.54) is 5.56 Å². The third-order valence-corrected chi connectivity index (χ3v) is 3.65. The van der Waals surface area contributed by atoms with Gasteiger partial charge in [0.1, 0.15) is 0 Å². The summed E-state index contributed by atoms with van der Waals surface area (Å²) >= 11 is 0. The lowest BCUT2D eigenvalue weighted by Gasteiger charge is -2.40. The van der Waals surface area contributed by atoms with E-state index in [-0.39, 0.29) is 17.5 Å². The number of hydrazine groups is 1. The Morgan fingerprint density at radius 1 is 0.955 bits per heavy atom. The molecule has 3 nitrogen and oxygen atoms in total. The van der Waals surface area contributed by atoms with Crippen LogP contribution in [0.1, 0.15) is 49.7 Å². The molecule has 0 saturated heterocycles. The highest BCUT2D eigenvalue weighted by Gasteiger charge is 2.29. The Morgan fingerprint density at radius 2 is 1.45 bits per heavy atom. The number of hydrogen-bond donors (Lipinski definition) is 1. The third-order valence-electron chi connectivity index (χ3n) is 3.65. The van der Waals surface area contributed by atoms with Crippen molar-refractivity contribution in [2.75, 3.05) is 0 Å². The Hall–Kier alpha value is -2.13. The summed E-state index contributed by atoms with van der Waals surface area (Å²) in [6.45, 7) is 8.39. The number of benzene rings is 2. The number of nitrogens with zero attached hydrogens (tertiary/aromatic N) is 1. The second kappa shape index (κ2) is 6.75. The minimum Gasteiger partial charge on any atom is -0.284 e. The summed E-state index contributed by atoms with van der Waals surface area (Å²) in [5.41, 5.74) is 4.71. The van der Waals surface area contributed by atoms with Crippen molar-refractivity contribution in [1.82, 2.24) is 10.4 Å². The van der Waals surface area contributed by atoms with Gasteiger partial charge in [-0.05, 0) is 45.4 Å². The van der Waals surface area contributed by atoms with E-state index in [0.29, 0.717) is 5.56 Å². The molecule has 1 unspecified atom stereocenters. The predicted octanol–water partition coefficient (Wildman–Crippen LogP) is 4.19. The molecule has 1 atom stereocenters. The van der Waals surface area contributed by atoms with Gasteiger partial charge >= 0.3 is 0 Å². The van der Waals surface area contributed by atoms with E-state index in [0.717, 1.165) is 0 Å². The molecule has 0 heterocycles. The number of rotatable bonds is 4. The molecular weight excluding hydrogens is 272 g/mol. The van der Waals surface area contributed by atoms with Crippen LogP contribution in [-0.2, 0) is 0 Å². The molecule has 2 aromatic carbocycles. The number of amides is 1. The van der Waals surface area contributed by atoms with Gasteiger partial charge in [0.25, 0.3) is 5.91 Å². The van der Waals surface area contributed by atoms with Crippen LogP contribution in [-0.4, -0.2) is 16.5 Å². The van der Waals surface area contributed by atoms with E-state index >= 15 is 0 Å². The lowest BCUT2D eigenvalue weighted by Crippen LogP contribution is -2.53. The van der Waals surface area contributed by atoms with Crippen LogP contribution < -0.4 is 5.43 Å². The van der Waals surface area contributed by atoms with Crippen LogP contribution in [0, 0.1) is 0 Å². The number of nitrogens with one attached hydrogen (secondary N) is 1. The number of hydrogen-bond acceptors (Lipinski definition) is 2. The SMILES string of the molecule is CC(c1ccccc1)N(NC(=O)c1ccccc1)C(C)(C)C. The first kappa shape index (κ1) is 16.2. The molecule has 0 fully saturated rings. The Bertz CT molecular complexity index is 602. The minimum absolute atomic E-state index is 0.0777. The predicted molar refractivity (Wildman–Crippen MR) is 90.4 cm³/mol. The quantitative estimate of drug-likeness (QED) is 0.858. The van der Waals surface area contributed by atoms with Crippen LogP contribution in [0.2, 0.25) is 0 Å². The molecule has 0 radical (unpaired) electrons. The van der Waals surface area contributed by atoms with Gasteiger partial charge in [-0.2, -0.15) is 0 Å². The Kier molecular flexibility index (Phi) is 4.99. The van der Waals surface area contributed by atoms with Gasteiger partial charge in [-0.15, -0.1) is 0 Å². The first-order valence-electron chi connectivity index (χ1n) is 7.60. The Balaban J connectivity index is 2.23. The minimum atomic E-state index is -0.195. The standard InChI is InChI=1S/C19H24N2O/c1-15(16-11-7-5-8-12-16)21(19(2,3)4)20-18(22)17-13-9-6-10-14-17/h5-15H,1-4H3,(H,20,22). The summed E-state index contributed by atoms with van der Waals surface area (Å²) < 4.78 is 0. The second-order valence-corrected chi connectivity index (χ2v) is 6.43. The highest BCUT2D eigenvalue weighted by Crippen LogP contribution is 2.25. The van der Waals surface area contributed by atoms with E-state index in [9.17, 15) is 4.79 Å². The second-order valence-electron chi connectivity index (χ2n) is 6.43. The number of carbonyl (C=O) groups is 1. The summed E-state index contributed by atoms with van der Waals surface area (Å²) in [5, 5.41) is 2.01. The zero-order valence-electron chi connectivity index (χ0n) is 13.7. The maximum Gasteiger partial charge on any atom is 0.265 e. The molecule has 116 valence electrons. The van der Waals surface area contributed by atoms with Gasteiger partial charge in [0, 0.05) is 11.1 Å². The molecule has 1 amide bonds. The van der Waals surface area contributed by atoms with Crippen molar-refractivity contribution in [3.8, 4) is 0 Å². The van der Waals surface area contributed by atoms with Gasteiger partial charge in [-0.1, -0.05) is 48.5 Å². The summed E-state index contributed by atoms with van der Waals surface area (Å²) in [5.74, 6) is -0.0849. The molecule has 0 bridgehead atoms. The molecule has 0 spiro atoms. The zero-order valence-corrected chi connectivity index (χ0v) is 13.7. The molecule has 0 aliphatic carbocycles. The molecule has 0 aliphatic rings. The lowest BCUT2D eigenvalue weighted by atomic mass is 10.0. The molecule has 1 N–H and O–H groups in total. The van der Waals surface area contributed by atoms with E-state index in [4.69, 9.17) is 0 Å². The third kappa shape index (κ3) is 3.95. The maximum absolute atomic E-state index is 12.5. The highest BCUT2D eigenvalue weighted by molar-refractivity contribution is 5.93. The maximum atomic E-state index is 12.5. The lowest BCUT2D eigenvalue weighted by molar-refractivity contribution is 0.0259. The summed E-state index contributed by atoms with van der Waals surface area (Å²) in [6, 6.07) is 19.6. The van der Waals surface area contributed by atoms with Crippen molar-refractivity contribution in [2.45, 2.75) is 39.3 Å². The fraction of sp³-hybridized carbons (Fsp3) is 0.316. The van der Waals surface area contributed by atoms with E-state index < -0.39 is 0 Å². The molecule has 3 heteroatoms. The first-order chi connectivity index (χ1) is 10.4. The van der Waals surface area contributed by atoms with Crippen LogP contribution >= 0.6 is 0 Å². The van der Waals surface area contributed by atoms with Crippen molar-refractivity contribution < 1.29 is 4.79 Å². The molecule has 0 aromatic heterocycles. The van der Waals surface area contributed by atoms with Gasteiger partial charge < -0.3 is 0 Å². The van der Waals surface area contributed by atoms with Crippen molar-refractivity contribution in [2.24, 2.45) is 0 Å². The topological polar surface area (TPSA) is 32.3 Å². The van der Waals surface area contributed by atoms with Crippen LogP contribution in [0.5, 0.6) is 0 Å². The summed E-state index contributed by atoms with van der Waals surface area (Å²) in [4.78, 5) is 12.5. The van der Waals surface area contributed by atoms with E-state index in [1.54, 1.807) is 0 Å². The number of carbonyl (C=O) groups excluding carboxylic acids is 1. The van der Waals surface area contributed by atoms with Crippen LogP contribution in [0.25, 0.3) is 0 Å². The van der Waals surface area contributed by atoms with Crippen LogP contribution in [0.3, 0.4) is 0 Å².